The summed E-state index contributed by atoms with van der Waals surface area (Å²) >= 11 is 1.66. The molecule has 0 unspecified atom stereocenters. The zero-order valence-corrected chi connectivity index (χ0v) is 8.21. The molecule has 1 aromatic carbocycles. The summed E-state index contributed by atoms with van der Waals surface area (Å²) in [5.74, 6) is 0. The van der Waals surface area contributed by atoms with E-state index in [1.165, 1.54) is 4.70 Å². The molecule has 0 aliphatic heterocycles. The summed E-state index contributed by atoms with van der Waals surface area (Å²) in [4.78, 5) is 6.38. The van der Waals surface area contributed by atoms with Gasteiger partial charge in [0, 0.05) is 7.05 Å². The van der Waals surface area contributed by atoms with E-state index in [9.17, 15) is 0 Å². The van der Waals surface area contributed by atoms with Crippen molar-refractivity contribution in [3.63, 3.8) is 0 Å². The first-order valence-electron chi connectivity index (χ1n) is 4.08. The van der Waals surface area contributed by atoms with Crippen molar-refractivity contribution in [1.82, 2.24) is 4.98 Å². The highest BCUT2D eigenvalue weighted by Gasteiger charge is 2.05. The van der Waals surface area contributed by atoms with E-state index in [0.29, 0.717) is 6.67 Å². The summed E-state index contributed by atoms with van der Waals surface area (Å²) in [7, 11) is 1.94. The molecule has 13 heavy (non-hydrogen) atoms. The molecule has 1 heterocycles. The van der Waals surface area contributed by atoms with Gasteiger partial charge in [0.2, 0.25) is 0 Å². The van der Waals surface area contributed by atoms with Crippen LogP contribution in [0.2, 0.25) is 0 Å². The Balaban J connectivity index is 2.49. The molecule has 0 amide bonds. The Hall–Kier alpha value is -1.13. The number of para-hydroxylation sites is 1. The molecule has 2 rings (SSSR count). The van der Waals surface area contributed by atoms with E-state index in [4.69, 9.17) is 5.73 Å². The van der Waals surface area contributed by atoms with Gasteiger partial charge in [-0.1, -0.05) is 23.5 Å². The fourth-order valence-electron chi connectivity index (χ4n) is 1.10. The highest BCUT2D eigenvalue weighted by molar-refractivity contribution is 7.22. The monoisotopic (exact) mass is 193 g/mol. The van der Waals surface area contributed by atoms with Crippen molar-refractivity contribution in [3.8, 4) is 0 Å². The van der Waals surface area contributed by atoms with Crippen LogP contribution in [0.4, 0.5) is 5.13 Å². The van der Waals surface area contributed by atoms with Gasteiger partial charge in [-0.3, -0.25) is 0 Å². The molecule has 68 valence electrons. The van der Waals surface area contributed by atoms with Gasteiger partial charge in [0.15, 0.2) is 5.13 Å². The Morgan fingerprint density at radius 3 is 2.92 bits per heavy atom. The van der Waals surface area contributed by atoms with Crippen molar-refractivity contribution < 1.29 is 0 Å². The van der Waals surface area contributed by atoms with E-state index < -0.39 is 0 Å². The van der Waals surface area contributed by atoms with Gasteiger partial charge in [-0.05, 0) is 12.1 Å². The molecule has 3 nitrogen and oxygen atoms in total. The van der Waals surface area contributed by atoms with E-state index in [-0.39, 0.29) is 0 Å². The summed E-state index contributed by atoms with van der Waals surface area (Å²) in [5, 5.41) is 0.976. The van der Waals surface area contributed by atoms with Crippen LogP contribution in [-0.2, 0) is 0 Å². The predicted octanol–water partition coefficient (Wildman–Crippen LogP) is 1.65. The van der Waals surface area contributed by atoms with E-state index in [0.717, 1.165) is 10.6 Å². The molecule has 4 heteroatoms. The first kappa shape index (κ1) is 8.47. The highest BCUT2D eigenvalue weighted by atomic mass is 32.1. The lowest BCUT2D eigenvalue weighted by Gasteiger charge is -2.10. The molecular weight excluding hydrogens is 182 g/mol. The van der Waals surface area contributed by atoms with Crippen LogP contribution >= 0.6 is 11.3 Å². The van der Waals surface area contributed by atoms with E-state index in [1.54, 1.807) is 11.3 Å². The second-order valence-corrected chi connectivity index (χ2v) is 3.85. The van der Waals surface area contributed by atoms with Crippen LogP contribution in [0.3, 0.4) is 0 Å². The number of aromatic nitrogens is 1. The molecule has 2 N–H and O–H groups in total. The number of anilines is 1. The average molecular weight is 193 g/mol. The minimum atomic E-state index is 0.500. The number of nitrogens with zero attached hydrogens (tertiary/aromatic N) is 2. The Labute approximate surface area is 80.8 Å². The Morgan fingerprint density at radius 1 is 1.46 bits per heavy atom. The Kier molecular flexibility index (Phi) is 2.16. The molecule has 0 bridgehead atoms. The standard InChI is InChI=1S/C9H11N3S/c1-12(6-10)9-11-7-4-2-3-5-8(7)13-9/h2-5H,6,10H2,1H3. The Bertz CT molecular complexity index is 377. The average Bonchev–Trinajstić information content (AvgIpc) is 2.59. The summed E-state index contributed by atoms with van der Waals surface area (Å²) in [6.07, 6.45) is 0. The molecule has 0 spiro atoms. The van der Waals surface area contributed by atoms with Crippen molar-refractivity contribution in [3.05, 3.63) is 24.3 Å². The second-order valence-electron chi connectivity index (χ2n) is 2.84. The topological polar surface area (TPSA) is 42.1 Å². The Morgan fingerprint density at radius 2 is 2.23 bits per heavy atom. The third kappa shape index (κ3) is 1.50. The smallest absolute Gasteiger partial charge is 0.187 e. The highest BCUT2D eigenvalue weighted by Crippen LogP contribution is 2.26. The fourth-order valence-corrected chi connectivity index (χ4v) is 2.04. The first-order valence-corrected chi connectivity index (χ1v) is 4.89. The number of rotatable bonds is 2. The van der Waals surface area contributed by atoms with Gasteiger partial charge in [0.1, 0.15) is 0 Å². The lowest BCUT2D eigenvalue weighted by molar-refractivity contribution is 0.927. The van der Waals surface area contributed by atoms with Gasteiger partial charge in [-0.15, -0.1) is 0 Å². The minimum Gasteiger partial charge on any atom is -0.339 e. The largest absolute Gasteiger partial charge is 0.339 e. The van der Waals surface area contributed by atoms with Gasteiger partial charge in [-0.25, -0.2) is 4.98 Å². The number of thiazole rings is 1. The van der Waals surface area contributed by atoms with Crippen LogP contribution in [0.15, 0.2) is 24.3 Å². The predicted molar refractivity (Wildman–Crippen MR) is 57.1 cm³/mol. The van der Waals surface area contributed by atoms with Crippen molar-refractivity contribution in [1.29, 1.82) is 0 Å². The summed E-state index contributed by atoms with van der Waals surface area (Å²) < 4.78 is 1.21. The molecule has 1 aromatic heterocycles. The number of fused-ring (bicyclic) bond motifs is 1. The zero-order valence-electron chi connectivity index (χ0n) is 7.40. The minimum absolute atomic E-state index is 0.500. The molecule has 0 saturated carbocycles. The number of hydrogen-bond donors (Lipinski definition) is 1. The van der Waals surface area contributed by atoms with Crippen molar-refractivity contribution in [2.24, 2.45) is 5.73 Å². The van der Waals surface area contributed by atoms with E-state index in [1.807, 2.05) is 30.1 Å². The van der Waals surface area contributed by atoms with Crippen LogP contribution in [0.5, 0.6) is 0 Å². The molecular formula is C9H11N3S. The lowest BCUT2D eigenvalue weighted by atomic mass is 10.3. The maximum absolute atomic E-state index is 5.52. The first-order chi connectivity index (χ1) is 6.31. The number of nitrogens with two attached hydrogens (primary N) is 1. The van der Waals surface area contributed by atoms with Crippen LogP contribution < -0.4 is 10.6 Å². The molecule has 0 fully saturated rings. The normalized spacial score (nSPS) is 10.6. The van der Waals surface area contributed by atoms with Crippen LogP contribution in [0, 0.1) is 0 Å². The molecule has 0 saturated heterocycles. The molecule has 0 radical (unpaired) electrons. The maximum Gasteiger partial charge on any atom is 0.187 e. The summed E-state index contributed by atoms with van der Waals surface area (Å²) in [6, 6.07) is 8.10. The van der Waals surface area contributed by atoms with Gasteiger partial charge in [0.25, 0.3) is 0 Å². The quantitative estimate of drug-likeness (QED) is 0.737. The van der Waals surface area contributed by atoms with Gasteiger partial charge < -0.3 is 10.6 Å². The third-order valence-corrected chi connectivity index (χ3v) is 3.03. The second kappa shape index (κ2) is 3.32. The molecule has 0 aliphatic carbocycles. The van der Waals surface area contributed by atoms with Crippen LogP contribution in [-0.4, -0.2) is 18.7 Å². The third-order valence-electron chi connectivity index (χ3n) is 1.88. The molecule has 0 atom stereocenters. The fraction of sp³-hybridized carbons (Fsp3) is 0.222. The van der Waals surface area contributed by atoms with Crippen molar-refractivity contribution in [2.45, 2.75) is 0 Å². The summed E-state index contributed by atoms with van der Waals surface area (Å²) in [6.45, 7) is 0.500. The maximum atomic E-state index is 5.52. The van der Waals surface area contributed by atoms with Gasteiger partial charge in [0.05, 0.1) is 16.9 Å². The van der Waals surface area contributed by atoms with E-state index >= 15 is 0 Å². The lowest BCUT2D eigenvalue weighted by Crippen LogP contribution is -2.24. The molecule has 0 aliphatic rings. The van der Waals surface area contributed by atoms with Crippen LogP contribution in [0.25, 0.3) is 10.2 Å². The summed E-state index contributed by atoms with van der Waals surface area (Å²) in [5.41, 5.74) is 6.56. The molecule has 2 aromatic rings. The zero-order chi connectivity index (χ0) is 9.26. The van der Waals surface area contributed by atoms with E-state index in [2.05, 4.69) is 11.1 Å². The van der Waals surface area contributed by atoms with Crippen LogP contribution in [0.1, 0.15) is 0 Å². The van der Waals surface area contributed by atoms with Crippen molar-refractivity contribution >= 4 is 26.7 Å². The number of benzene rings is 1. The van der Waals surface area contributed by atoms with Crippen molar-refractivity contribution in [2.75, 3.05) is 18.6 Å². The number of hydrogen-bond acceptors (Lipinski definition) is 4. The van der Waals surface area contributed by atoms with Gasteiger partial charge >= 0.3 is 0 Å². The van der Waals surface area contributed by atoms with Gasteiger partial charge in [-0.2, -0.15) is 0 Å². The SMILES string of the molecule is CN(CN)c1nc2ccccc2s1.